The molecule has 0 spiro atoms. The molecule has 0 unspecified atom stereocenters. The summed E-state index contributed by atoms with van der Waals surface area (Å²) in [6.45, 7) is 3.78. The molecular weight excluding hydrogens is 448 g/mol. The molecule has 1 aliphatic heterocycles. The fourth-order valence-corrected chi connectivity index (χ4v) is 3.98. The number of thioether (sulfide) groups is 1. The highest BCUT2D eigenvalue weighted by Crippen LogP contribution is 2.21. The van der Waals surface area contributed by atoms with Crippen LogP contribution in [0.2, 0.25) is 0 Å². The summed E-state index contributed by atoms with van der Waals surface area (Å²) >= 11 is 1.35. The van der Waals surface area contributed by atoms with Gasteiger partial charge in [-0.15, -0.1) is 0 Å². The summed E-state index contributed by atoms with van der Waals surface area (Å²) in [7, 11) is 2.82. The van der Waals surface area contributed by atoms with E-state index < -0.39 is 36.0 Å². The van der Waals surface area contributed by atoms with E-state index in [2.05, 4.69) is 16.0 Å². The van der Waals surface area contributed by atoms with Gasteiger partial charge in [0.15, 0.2) is 0 Å². The van der Waals surface area contributed by atoms with E-state index in [0.717, 1.165) is 0 Å². The maximum Gasteiger partial charge on any atom is 0.328 e. The number of benzene rings is 1. The Hall–Kier alpha value is -2.95. The van der Waals surface area contributed by atoms with Gasteiger partial charge >= 0.3 is 12.0 Å². The first-order valence-corrected chi connectivity index (χ1v) is 12.0. The zero-order valence-electron chi connectivity index (χ0n) is 19.5. The van der Waals surface area contributed by atoms with Crippen LogP contribution in [0, 0.1) is 5.92 Å². The zero-order chi connectivity index (χ0) is 24.5. The highest BCUT2D eigenvalue weighted by Gasteiger charge is 2.41. The van der Waals surface area contributed by atoms with Crippen LogP contribution in [0.15, 0.2) is 24.3 Å². The van der Waals surface area contributed by atoms with E-state index in [0.29, 0.717) is 11.4 Å². The SMILES string of the molecule is COC(=O)[C@H](NC(=O)[C@H]1C[C@H](NC(=O)Nc2ccc(OC)cc2)CN1C(=O)CSC)C(C)C. The lowest BCUT2D eigenvalue weighted by Gasteiger charge is -2.26. The molecule has 0 aliphatic carbocycles. The van der Waals surface area contributed by atoms with Gasteiger partial charge in [0.1, 0.15) is 17.8 Å². The van der Waals surface area contributed by atoms with Crippen molar-refractivity contribution in [1.82, 2.24) is 15.5 Å². The van der Waals surface area contributed by atoms with Gasteiger partial charge in [0.25, 0.3) is 0 Å². The molecule has 182 valence electrons. The van der Waals surface area contributed by atoms with Crippen molar-refractivity contribution in [2.45, 2.75) is 38.4 Å². The van der Waals surface area contributed by atoms with E-state index >= 15 is 0 Å². The third-order valence-corrected chi connectivity index (χ3v) is 5.83. The van der Waals surface area contributed by atoms with Crippen molar-refractivity contribution in [3.05, 3.63) is 24.3 Å². The Bertz CT molecular complexity index is 848. The van der Waals surface area contributed by atoms with Crippen LogP contribution in [-0.2, 0) is 19.1 Å². The summed E-state index contributed by atoms with van der Waals surface area (Å²) in [5, 5.41) is 8.26. The van der Waals surface area contributed by atoms with Gasteiger partial charge in [-0.3, -0.25) is 9.59 Å². The van der Waals surface area contributed by atoms with Crippen LogP contribution in [0.4, 0.5) is 10.5 Å². The van der Waals surface area contributed by atoms with Crippen molar-refractivity contribution in [1.29, 1.82) is 0 Å². The van der Waals surface area contributed by atoms with Gasteiger partial charge in [-0.25, -0.2) is 9.59 Å². The topological polar surface area (TPSA) is 126 Å². The highest BCUT2D eigenvalue weighted by molar-refractivity contribution is 7.99. The number of ether oxygens (including phenoxy) is 2. The molecular formula is C22H32N4O6S. The van der Waals surface area contributed by atoms with Crippen LogP contribution >= 0.6 is 11.8 Å². The first kappa shape index (κ1) is 26.3. The van der Waals surface area contributed by atoms with E-state index in [4.69, 9.17) is 9.47 Å². The minimum Gasteiger partial charge on any atom is -0.497 e. The number of carbonyl (C=O) groups excluding carboxylic acids is 4. The van der Waals surface area contributed by atoms with Gasteiger partial charge in [-0.2, -0.15) is 11.8 Å². The van der Waals surface area contributed by atoms with Crippen LogP contribution in [0.3, 0.4) is 0 Å². The predicted octanol–water partition coefficient (Wildman–Crippen LogP) is 1.46. The third-order valence-electron chi connectivity index (χ3n) is 5.29. The number of amides is 4. The average Bonchev–Trinajstić information content (AvgIpc) is 3.21. The highest BCUT2D eigenvalue weighted by atomic mass is 32.2. The van der Waals surface area contributed by atoms with Crippen molar-refractivity contribution < 1.29 is 28.7 Å². The summed E-state index contributed by atoms with van der Waals surface area (Å²) < 4.78 is 9.88. The number of methoxy groups -OCH3 is 2. The lowest BCUT2D eigenvalue weighted by Crippen LogP contribution is -2.53. The number of anilines is 1. The van der Waals surface area contributed by atoms with E-state index in [9.17, 15) is 19.2 Å². The number of esters is 1. The van der Waals surface area contributed by atoms with Gasteiger partial charge < -0.3 is 30.3 Å². The second-order valence-corrected chi connectivity index (χ2v) is 8.87. The fourth-order valence-electron chi connectivity index (χ4n) is 3.57. The molecule has 1 saturated heterocycles. The molecule has 1 heterocycles. The molecule has 3 N–H and O–H groups in total. The van der Waals surface area contributed by atoms with Gasteiger partial charge in [0, 0.05) is 12.2 Å². The average molecular weight is 481 g/mol. The Kier molecular flexibility index (Phi) is 9.83. The minimum atomic E-state index is -0.828. The Morgan fingerprint density at radius 3 is 2.36 bits per heavy atom. The van der Waals surface area contributed by atoms with Crippen molar-refractivity contribution >= 4 is 41.3 Å². The lowest BCUT2D eigenvalue weighted by atomic mass is 10.0. The van der Waals surface area contributed by atoms with Crippen molar-refractivity contribution in [2.75, 3.05) is 38.1 Å². The van der Waals surface area contributed by atoms with E-state index in [-0.39, 0.29) is 30.5 Å². The molecule has 1 aromatic rings. The standard InChI is InChI=1S/C22H32N4O6S/c1-13(2)19(21(29)32-4)25-20(28)17-10-15(11-26(17)18(27)12-33-5)24-22(30)23-14-6-8-16(31-3)9-7-14/h6-9,13,15,17,19H,10-12H2,1-5H3,(H,25,28)(H2,23,24,30)/t15-,17+,19+/m0/s1. The normalized spacial score (nSPS) is 18.4. The molecule has 0 bridgehead atoms. The number of carbonyl (C=O) groups is 4. The Labute approximate surface area is 198 Å². The van der Waals surface area contributed by atoms with Crippen LogP contribution in [0.1, 0.15) is 20.3 Å². The Morgan fingerprint density at radius 2 is 1.82 bits per heavy atom. The van der Waals surface area contributed by atoms with Crippen molar-refractivity contribution in [2.24, 2.45) is 5.92 Å². The molecule has 0 saturated carbocycles. The second-order valence-electron chi connectivity index (χ2n) is 8.01. The first-order chi connectivity index (χ1) is 15.7. The number of nitrogens with zero attached hydrogens (tertiary/aromatic N) is 1. The largest absolute Gasteiger partial charge is 0.497 e. The van der Waals surface area contributed by atoms with Crippen LogP contribution in [0.25, 0.3) is 0 Å². The maximum atomic E-state index is 13.0. The number of hydrogen-bond donors (Lipinski definition) is 3. The van der Waals surface area contributed by atoms with Gasteiger partial charge in [0.05, 0.1) is 26.0 Å². The summed E-state index contributed by atoms with van der Waals surface area (Å²) in [6.07, 6.45) is 2.03. The summed E-state index contributed by atoms with van der Waals surface area (Å²) in [5.74, 6) is -0.524. The zero-order valence-corrected chi connectivity index (χ0v) is 20.4. The third kappa shape index (κ3) is 7.28. The smallest absolute Gasteiger partial charge is 0.328 e. The molecule has 3 atom stereocenters. The van der Waals surface area contributed by atoms with Crippen molar-refractivity contribution in [3.63, 3.8) is 0 Å². The first-order valence-electron chi connectivity index (χ1n) is 10.6. The maximum absolute atomic E-state index is 13.0. The number of hydrogen-bond acceptors (Lipinski definition) is 7. The van der Waals surface area contributed by atoms with E-state index in [1.807, 2.05) is 0 Å². The molecule has 0 radical (unpaired) electrons. The summed E-state index contributed by atoms with van der Waals surface area (Å²) in [5.41, 5.74) is 0.578. The van der Waals surface area contributed by atoms with E-state index in [1.165, 1.54) is 23.8 Å². The number of urea groups is 1. The lowest BCUT2D eigenvalue weighted by molar-refractivity contribution is -0.147. The molecule has 11 heteroatoms. The molecule has 10 nitrogen and oxygen atoms in total. The van der Waals surface area contributed by atoms with Crippen LogP contribution in [0.5, 0.6) is 5.75 Å². The Balaban J connectivity index is 2.07. The molecule has 1 aromatic carbocycles. The predicted molar refractivity (Wildman–Crippen MR) is 126 cm³/mol. The number of likely N-dealkylation sites (tertiary alicyclic amines) is 1. The van der Waals surface area contributed by atoms with Gasteiger partial charge in [-0.1, -0.05) is 13.8 Å². The molecule has 33 heavy (non-hydrogen) atoms. The van der Waals surface area contributed by atoms with Gasteiger partial charge in [-0.05, 0) is 42.9 Å². The van der Waals surface area contributed by atoms with Crippen LogP contribution in [-0.4, -0.2) is 79.6 Å². The van der Waals surface area contributed by atoms with Crippen molar-refractivity contribution in [3.8, 4) is 5.75 Å². The number of nitrogens with one attached hydrogen (secondary N) is 3. The molecule has 1 fully saturated rings. The molecule has 2 rings (SSSR count). The Morgan fingerprint density at radius 1 is 1.15 bits per heavy atom. The monoisotopic (exact) mass is 480 g/mol. The molecule has 0 aromatic heterocycles. The molecule has 1 aliphatic rings. The van der Waals surface area contributed by atoms with Crippen LogP contribution < -0.4 is 20.7 Å². The minimum absolute atomic E-state index is 0.192. The summed E-state index contributed by atoms with van der Waals surface area (Å²) in [4.78, 5) is 51.7. The van der Waals surface area contributed by atoms with Gasteiger partial charge in [0.2, 0.25) is 11.8 Å². The number of rotatable bonds is 9. The van der Waals surface area contributed by atoms with E-state index in [1.54, 1.807) is 51.5 Å². The summed E-state index contributed by atoms with van der Waals surface area (Å²) in [6, 6.07) is 4.35. The fraction of sp³-hybridized carbons (Fsp3) is 0.545. The molecule has 4 amide bonds. The second kappa shape index (κ2) is 12.3. The quantitative estimate of drug-likeness (QED) is 0.457.